The van der Waals surface area contributed by atoms with Gasteiger partial charge in [0, 0.05) is 21.2 Å². The van der Waals surface area contributed by atoms with Crippen molar-refractivity contribution >= 4 is 40.6 Å². The van der Waals surface area contributed by atoms with Crippen LogP contribution < -0.4 is 4.74 Å². The Balaban J connectivity index is 2.44. The van der Waals surface area contributed by atoms with Crippen LogP contribution in [0.5, 0.6) is 5.75 Å². The molecule has 19 heavy (non-hydrogen) atoms. The summed E-state index contributed by atoms with van der Waals surface area (Å²) < 4.78 is 5.04. The van der Waals surface area contributed by atoms with Crippen LogP contribution >= 0.6 is 34.8 Å². The van der Waals surface area contributed by atoms with E-state index >= 15 is 0 Å². The highest BCUT2D eigenvalue weighted by Crippen LogP contribution is 2.27. The summed E-state index contributed by atoms with van der Waals surface area (Å²) in [4.78, 5) is 12.3. The van der Waals surface area contributed by atoms with Gasteiger partial charge in [0.15, 0.2) is 5.78 Å². The lowest BCUT2D eigenvalue weighted by Crippen LogP contribution is -2.02. The third-order valence-electron chi connectivity index (χ3n) is 2.55. The van der Waals surface area contributed by atoms with Crippen molar-refractivity contribution < 1.29 is 9.53 Å². The van der Waals surface area contributed by atoms with Crippen LogP contribution in [0.15, 0.2) is 36.4 Å². The summed E-state index contributed by atoms with van der Waals surface area (Å²) in [5.41, 5.74) is 0.769. The molecule has 98 valence electrons. The van der Waals surface area contributed by atoms with Crippen molar-refractivity contribution in [1.29, 1.82) is 0 Å². The average molecular weight is 316 g/mol. The topological polar surface area (TPSA) is 26.3 Å². The summed E-state index contributed by atoms with van der Waals surface area (Å²) in [6.45, 7) is 0. The molecule has 2 rings (SSSR count). The second kappa shape index (κ2) is 5.83. The molecule has 0 spiro atoms. The molecule has 0 amide bonds. The van der Waals surface area contributed by atoms with Gasteiger partial charge >= 0.3 is 0 Å². The Labute approximate surface area is 125 Å². The summed E-state index contributed by atoms with van der Waals surface area (Å²) in [5.74, 6) is 0.350. The Bertz CT molecular complexity index is 618. The lowest BCUT2D eigenvalue weighted by atomic mass is 10.0. The Morgan fingerprint density at radius 3 is 2.16 bits per heavy atom. The number of ether oxygens (including phenoxy) is 1. The van der Waals surface area contributed by atoms with Crippen LogP contribution in [0.1, 0.15) is 15.9 Å². The quantitative estimate of drug-likeness (QED) is 0.754. The van der Waals surface area contributed by atoms with Gasteiger partial charge in [-0.2, -0.15) is 0 Å². The number of halogens is 3. The first-order chi connectivity index (χ1) is 9.01. The molecule has 0 N–H and O–H groups in total. The van der Waals surface area contributed by atoms with Gasteiger partial charge in [-0.15, -0.1) is 0 Å². The van der Waals surface area contributed by atoms with Crippen LogP contribution in [-0.2, 0) is 0 Å². The predicted molar refractivity (Wildman–Crippen MR) is 77.9 cm³/mol. The normalized spacial score (nSPS) is 10.3. The number of carbonyl (C=O) groups excluding carboxylic acids is 1. The first-order valence-corrected chi connectivity index (χ1v) is 6.49. The Kier molecular flexibility index (Phi) is 4.35. The molecule has 0 fully saturated rings. The summed E-state index contributed by atoms with van der Waals surface area (Å²) in [5, 5.41) is 1.13. The third-order valence-corrected chi connectivity index (χ3v) is 3.29. The maximum atomic E-state index is 12.3. The van der Waals surface area contributed by atoms with Gasteiger partial charge in [0.05, 0.1) is 12.1 Å². The number of benzene rings is 2. The number of hydrogen-bond donors (Lipinski definition) is 0. The minimum absolute atomic E-state index is 0.239. The highest BCUT2D eigenvalue weighted by Gasteiger charge is 2.14. The van der Waals surface area contributed by atoms with Crippen molar-refractivity contribution in [2.24, 2.45) is 0 Å². The highest BCUT2D eigenvalue weighted by molar-refractivity contribution is 6.37. The molecule has 0 aliphatic heterocycles. The van der Waals surface area contributed by atoms with E-state index in [4.69, 9.17) is 39.5 Å². The minimum atomic E-state index is -0.239. The number of methoxy groups -OCH3 is 1. The van der Waals surface area contributed by atoms with Gasteiger partial charge in [0.2, 0.25) is 0 Å². The van der Waals surface area contributed by atoms with Crippen LogP contribution in [0.25, 0.3) is 0 Å². The second-order valence-corrected chi connectivity index (χ2v) is 5.11. The van der Waals surface area contributed by atoms with E-state index in [1.807, 2.05) is 0 Å². The van der Waals surface area contributed by atoms with Crippen molar-refractivity contribution in [1.82, 2.24) is 0 Å². The molecule has 0 aliphatic carbocycles. The minimum Gasteiger partial charge on any atom is -0.497 e. The zero-order valence-corrected chi connectivity index (χ0v) is 12.2. The van der Waals surface area contributed by atoms with Gasteiger partial charge in [-0.25, -0.2) is 0 Å². The van der Waals surface area contributed by atoms with E-state index in [0.717, 1.165) is 0 Å². The molecular formula is C14H9Cl3O2. The SMILES string of the molecule is COc1ccc(C(=O)c2cc(Cl)cc(Cl)c2)c(Cl)c1. The largest absolute Gasteiger partial charge is 0.497 e. The van der Waals surface area contributed by atoms with E-state index in [2.05, 4.69) is 0 Å². The van der Waals surface area contributed by atoms with Crippen molar-refractivity contribution in [2.75, 3.05) is 7.11 Å². The van der Waals surface area contributed by atoms with Gasteiger partial charge in [-0.05, 0) is 36.4 Å². The summed E-state index contributed by atoms with van der Waals surface area (Å²) in [7, 11) is 1.53. The van der Waals surface area contributed by atoms with Crippen molar-refractivity contribution in [3.05, 3.63) is 62.6 Å². The molecule has 0 bridgehead atoms. The monoisotopic (exact) mass is 314 g/mol. The molecule has 0 heterocycles. The van der Waals surface area contributed by atoms with Crippen molar-refractivity contribution in [3.8, 4) is 5.75 Å². The fourth-order valence-electron chi connectivity index (χ4n) is 1.65. The number of ketones is 1. The highest BCUT2D eigenvalue weighted by atomic mass is 35.5. The fraction of sp³-hybridized carbons (Fsp3) is 0.0714. The first-order valence-electron chi connectivity index (χ1n) is 5.35. The lowest BCUT2D eigenvalue weighted by Gasteiger charge is -2.07. The maximum Gasteiger partial charge on any atom is 0.194 e. The van der Waals surface area contributed by atoms with E-state index in [1.54, 1.807) is 36.4 Å². The molecule has 0 saturated heterocycles. The van der Waals surface area contributed by atoms with Crippen molar-refractivity contribution in [2.45, 2.75) is 0 Å². The van der Waals surface area contributed by atoms with E-state index in [0.29, 0.717) is 31.9 Å². The zero-order valence-electron chi connectivity index (χ0n) is 9.91. The number of carbonyl (C=O) groups is 1. The Hall–Kier alpha value is -1.22. The molecule has 0 aromatic heterocycles. The third kappa shape index (κ3) is 3.21. The van der Waals surface area contributed by atoms with Gasteiger partial charge < -0.3 is 4.74 Å². The molecule has 0 saturated carbocycles. The first kappa shape index (κ1) is 14.2. The average Bonchev–Trinajstić information content (AvgIpc) is 2.36. The summed E-state index contributed by atoms with van der Waals surface area (Å²) in [6.07, 6.45) is 0. The molecule has 0 radical (unpaired) electrons. The maximum absolute atomic E-state index is 12.3. The van der Waals surface area contributed by atoms with Gasteiger partial charge in [0.1, 0.15) is 5.75 Å². The fourth-order valence-corrected chi connectivity index (χ4v) is 2.43. The van der Waals surface area contributed by atoms with Crippen LogP contribution in [0.3, 0.4) is 0 Å². The molecule has 2 nitrogen and oxygen atoms in total. The number of hydrogen-bond acceptors (Lipinski definition) is 2. The van der Waals surface area contributed by atoms with E-state index in [1.165, 1.54) is 7.11 Å². The zero-order chi connectivity index (χ0) is 14.0. The number of rotatable bonds is 3. The predicted octanol–water partition coefficient (Wildman–Crippen LogP) is 4.89. The lowest BCUT2D eigenvalue weighted by molar-refractivity contribution is 0.103. The molecule has 0 unspecified atom stereocenters. The standard InChI is InChI=1S/C14H9Cl3O2/c1-19-11-2-3-12(13(17)7-11)14(18)8-4-9(15)6-10(16)5-8/h2-7H,1H3. The smallest absolute Gasteiger partial charge is 0.194 e. The van der Waals surface area contributed by atoms with Crippen LogP contribution in [0.2, 0.25) is 15.1 Å². The molecule has 0 atom stereocenters. The van der Waals surface area contributed by atoms with Crippen LogP contribution in [-0.4, -0.2) is 12.9 Å². The van der Waals surface area contributed by atoms with Crippen LogP contribution in [0.4, 0.5) is 0 Å². The molecular weight excluding hydrogens is 307 g/mol. The summed E-state index contributed by atoms with van der Waals surface area (Å²) in [6, 6.07) is 9.53. The Morgan fingerprint density at radius 2 is 1.63 bits per heavy atom. The van der Waals surface area contributed by atoms with Crippen molar-refractivity contribution in [3.63, 3.8) is 0 Å². The van der Waals surface area contributed by atoms with E-state index < -0.39 is 0 Å². The van der Waals surface area contributed by atoms with Gasteiger partial charge in [-0.3, -0.25) is 4.79 Å². The van der Waals surface area contributed by atoms with Gasteiger partial charge in [-0.1, -0.05) is 34.8 Å². The molecule has 0 aliphatic rings. The van der Waals surface area contributed by atoms with Gasteiger partial charge in [0.25, 0.3) is 0 Å². The summed E-state index contributed by atoms with van der Waals surface area (Å²) >= 11 is 17.8. The van der Waals surface area contributed by atoms with E-state index in [9.17, 15) is 4.79 Å². The molecule has 5 heteroatoms. The van der Waals surface area contributed by atoms with E-state index in [-0.39, 0.29) is 5.78 Å². The Morgan fingerprint density at radius 1 is 1.00 bits per heavy atom. The van der Waals surface area contributed by atoms with Crippen LogP contribution in [0, 0.1) is 0 Å². The molecule has 2 aromatic carbocycles. The second-order valence-electron chi connectivity index (χ2n) is 3.83. The molecule has 2 aromatic rings.